The van der Waals surface area contributed by atoms with Crippen LogP contribution in [0.3, 0.4) is 0 Å². The Morgan fingerprint density at radius 2 is 1.96 bits per heavy atom. The van der Waals surface area contributed by atoms with Crippen molar-refractivity contribution in [3.8, 4) is 0 Å². The van der Waals surface area contributed by atoms with E-state index in [4.69, 9.17) is 9.98 Å². The predicted molar refractivity (Wildman–Crippen MR) is 110 cm³/mol. The number of hydrogen-bond donors (Lipinski definition) is 1. The van der Waals surface area contributed by atoms with Crippen LogP contribution in [0.4, 0.5) is 5.82 Å². The first-order chi connectivity index (χ1) is 13.2. The predicted octanol–water partition coefficient (Wildman–Crippen LogP) is 2.99. The molecule has 3 aliphatic rings. The number of aromatic nitrogens is 2. The number of aliphatic hydroxyl groups is 1. The van der Waals surface area contributed by atoms with Crippen molar-refractivity contribution in [2.45, 2.75) is 64.9 Å². The molecule has 1 atom stereocenters. The second kappa shape index (κ2) is 7.07. The first kappa shape index (κ1) is 19.2. The zero-order chi connectivity index (χ0) is 20.1. The van der Waals surface area contributed by atoms with Crippen molar-refractivity contribution in [2.24, 2.45) is 10.9 Å². The van der Waals surface area contributed by atoms with Crippen molar-refractivity contribution in [1.29, 1.82) is 0 Å². The lowest BCUT2D eigenvalue weighted by molar-refractivity contribution is -0.122. The molecule has 0 aromatic carbocycles. The van der Waals surface area contributed by atoms with Gasteiger partial charge in [0, 0.05) is 60.8 Å². The first-order valence-electron chi connectivity index (χ1n) is 10.4. The van der Waals surface area contributed by atoms with E-state index in [9.17, 15) is 9.90 Å². The maximum atomic E-state index is 11.9. The molecule has 1 aromatic rings. The van der Waals surface area contributed by atoms with E-state index in [1.54, 1.807) is 6.92 Å². The van der Waals surface area contributed by atoms with Crippen molar-refractivity contribution >= 4 is 17.3 Å². The van der Waals surface area contributed by atoms with Crippen molar-refractivity contribution in [2.75, 3.05) is 24.5 Å². The number of nitrogens with zero attached hydrogens (tertiary/aromatic N) is 4. The van der Waals surface area contributed by atoms with Crippen LogP contribution in [0.25, 0.3) is 0 Å². The summed E-state index contributed by atoms with van der Waals surface area (Å²) < 4.78 is 0. The molecule has 2 aliphatic heterocycles. The second-order valence-electron chi connectivity index (χ2n) is 8.99. The number of aliphatic imine (C=N–C) groups is 1. The first-order valence-corrected chi connectivity index (χ1v) is 10.4. The van der Waals surface area contributed by atoms with E-state index in [1.165, 1.54) is 0 Å². The highest BCUT2D eigenvalue weighted by Gasteiger charge is 2.43. The number of rotatable bonds is 3. The molecule has 6 nitrogen and oxygen atoms in total. The molecule has 1 N–H and O–H groups in total. The second-order valence-corrected chi connectivity index (χ2v) is 8.99. The minimum Gasteiger partial charge on any atom is -0.385 e. The van der Waals surface area contributed by atoms with Gasteiger partial charge in [0.2, 0.25) is 0 Å². The van der Waals surface area contributed by atoms with Crippen LogP contribution >= 0.6 is 0 Å². The van der Waals surface area contributed by atoms with E-state index in [1.807, 2.05) is 6.92 Å². The summed E-state index contributed by atoms with van der Waals surface area (Å²) in [5.41, 5.74) is 2.99. The van der Waals surface area contributed by atoms with Gasteiger partial charge in [0.05, 0.1) is 12.1 Å². The normalized spacial score (nSPS) is 26.1. The lowest BCUT2D eigenvalue weighted by Crippen LogP contribution is -2.42. The molecule has 0 amide bonds. The molecule has 0 radical (unpaired) electrons. The van der Waals surface area contributed by atoms with Crippen LogP contribution in [0, 0.1) is 12.8 Å². The quantitative estimate of drug-likeness (QED) is 0.869. The Morgan fingerprint density at radius 1 is 1.25 bits per heavy atom. The molecule has 1 saturated heterocycles. The van der Waals surface area contributed by atoms with Crippen molar-refractivity contribution < 1.29 is 9.90 Å². The number of carbonyl (C=O) groups excluding carboxylic acids is 1. The Morgan fingerprint density at radius 3 is 2.64 bits per heavy atom. The monoisotopic (exact) mass is 382 g/mol. The van der Waals surface area contributed by atoms with Gasteiger partial charge in [-0.15, -0.1) is 0 Å². The smallest absolute Gasteiger partial charge is 0.140 e. The molecule has 1 aliphatic carbocycles. The van der Waals surface area contributed by atoms with Gasteiger partial charge in [0.25, 0.3) is 0 Å². The van der Waals surface area contributed by atoms with Crippen molar-refractivity contribution in [3.05, 3.63) is 28.7 Å². The van der Waals surface area contributed by atoms with Gasteiger partial charge in [-0.1, -0.05) is 13.8 Å². The molecule has 0 bridgehead atoms. The van der Waals surface area contributed by atoms with E-state index in [0.717, 1.165) is 60.1 Å². The van der Waals surface area contributed by atoms with Gasteiger partial charge in [-0.05, 0) is 32.3 Å². The highest BCUT2D eigenvalue weighted by atomic mass is 16.3. The Balaban J connectivity index is 1.49. The number of carbonyl (C=O) groups is 1. The number of ketones is 1. The fourth-order valence-electron chi connectivity index (χ4n) is 4.80. The van der Waals surface area contributed by atoms with E-state index >= 15 is 0 Å². The van der Waals surface area contributed by atoms with Crippen LogP contribution in [-0.2, 0) is 4.79 Å². The van der Waals surface area contributed by atoms with Gasteiger partial charge < -0.3 is 10.0 Å². The van der Waals surface area contributed by atoms with Gasteiger partial charge in [-0.3, -0.25) is 9.79 Å². The Bertz CT molecular complexity index is 861. The third-order valence-corrected chi connectivity index (χ3v) is 6.12. The summed E-state index contributed by atoms with van der Waals surface area (Å²) in [5.74, 6) is 2.69. The van der Waals surface area contributed by atoms with Crippen molar-refractivity contribution in [1.82, 2.24) is 9.97 Å². The Labute approximate surface area is 166 Å². The molecule has 3 heterocycles. The standard InChI is InChI=1S/C22H30N4O2/c1-13(2)21-24-14(3)9-18(25-21)26-7-5-15(6-8-26)20-19-16(12-23-20)10-17(27)11-22(19,4)28/h9,13,15,28H,5-8,10-12H2,1-4H3. The fraction of sp³-hybridized carbons (Fsp3) is 0.636. The number of piperidine rings is 1. The van der Waals surface area contributed by atoms with Gasteiger partial charge in [-0.2, -0.15) is 0 Å². The van der Waals surface area contributed by atoms with Gasteiger partial charge in [-0.25, -0.2) is 9.97 Å². The molecule has 1 aromatic heterocycles. The topological polar surface area (TPSA) is 78.7 Å². The van der Waals surface area contributed by atoms with Crippen molar-refractivity contribution in [3.63, 3.8) is 0 Å². The molecule has 1 unspecified atom stereocenters. The van der Waals surface area contributed by atoms with E-state index in [0.29, 0.717) is 24.8 Å². The van der Waals surface area contributed by atoms with Crippen LogP contribution in [0.2, 0.25) is 0 Å². The third-order valence-electron chi connectivity index (χ3n) is 6.12. The molecular weight excluding hydrogens is 352 g/mol. The van der Waals surface area contributed by atoms with Crippen LogP contribution in [0.5, 0.6) is 0 Å². The maximum Gasteiger partial charge on any atom is 0.140 e. The zero-order valence-corrected chi connectivity index (χ0v) is 17.3. The van der Waals surface area contributed by atoms with Crippen LogP contribution in [0.1, 0.15) is 63.9 Å². The third kappa shape index (κ3) is 3.50. The summed E-state index contributed by atoms with van der Waals surface area (Å²) >= 11 is 0. The van der Waals surface area contributed by atoms with E-state index < -0.39 is 5.60 Å². The minimum absolute atomic E-state index is 0.120. The molecule has 0 spiro atoms. The average molecular weight is 383 g/mol. The summed E-state index contributed by atoms with van der Waals surface area (Å²) in [6.07, 6.45) is 2.64. The fourth-order valence-corrected chi connectivity index (χ4v) is 4.80. The molecule has 4 rings (SSSR count). The van der Waals surface area contributed by atoms with E-state index in [-0.39, 0.29) is 12.2 Å². The van der Waals surface area contributed by atoms with Gasteiger partial charge in [0.15, 0.2) is 0 Å². The average Bonchev–Trinajstić information content (AvgIpc) is 3.05. The molecular formula is C22H30N4O2. The number of anilines is 1. The summed E-state index contributed by atoms with van der Waals surface area (Å²) in [4.78, 5) is 28.4. The lowest BCUT2D eigenvalue weighted by Gasteiger charge is -2.37. The zero-order valence-electron chi connectivity index (χ0n) is 17.3. The largest absolute Gasteiger partial charge is 0.385 e. The van der Waals surface area contributed by atoms with Crippen LogP contribution in [0.15, 0.2) is 22.2 Å². The highest BCUT2D eigenvalue weighted by molar-refractivity contribution is 6.08. The summed E-state index contributed by atoms with van der Waals surface area (Å²) in [6.45, 7) is 10.5. The molecule has 150 valence electrons. The summed E-state index contributed by atoms with van der Waals surface area (Å²) in [7, 11) is 0. The SMILES string of the molecule is Cc1cc(N2CCC(C3=NCC4=C3C(C)(O)CC(=O)C4)CC2)nc(C(C)C)n1. The maximum absolute atomic E-state index is 11.9. The summed E-state index contributed by atoms with van der Waals surface area (Å²) in [6, 6.07) is 2.07. The molecule has 1 fully saturated rings. The number of Topliss-reactive ketones (excluding diaryl/α,β-unsaturated/α-hetero) is 1. The lowest BCUT2D eigenvalue weighted by atomic mass is 9.74. The van der Waals surface area contributed by atoms with Crippen LogP contribution in [-0.4, -0.2) is 51.8 Å². The van der Waals surface area contributed by atoms with Crippen LogP contribution < -0.4 is 4.90 Å². The minimum atomic E-state index is -1.06. The molecule has 6 heteroatoms. The molecule has 0 saturated carbocycles. The number of hydrogen-bond acceptors (Lipinski definition) is 6. The summed E-state index contributed by atoms with van der Waals surface area (Å²) in [5, 5.41) is 10.9. The Kier molecular flexibility index (Phi) is 4.86. The van der Waals surface area contributed by atoms with E-state index in [2.05, 4.69) is 29.8 Å². The molecule has 28 heavy (non-hydrogen) atoms. The van der Waals surface area contributed by atoms with Gasteiger partial charge in [0.1, 0.15) is 17.4 Å². The van der Waals surface area contributed by atoms with Gasteiger partial charge >= 0.3 is 0 Å². The number of aryl methyl sites for hydroxylation is 1. The highest BCUT2D eigenvalue weighted by Crippen LogP contribution is 2.40. The Hall–Kier alpha value is -2.08.